The summed E-state index contributed by atoms with van der Waals surface area (Å²) < 4.78 is 13.7. The molecule has 0 atom stereocenters. The van der Waals surface area contributed by atoms with Gasteiger partial charge in [-0.1, -0.05) is 5.21 Å². The number of hydrogen-bond donors (Lipinski definition) is 3. The number of nitrogens with zero attached hydrogens (tertiary/aromatic N) is 3. The predicted octanol–water partition coefficient (Wildman–Crippen LogP) is 0.784. The zero-order valence-electron chi connectivity index (χ0n) is 14.8. The average molecular weight is 375 g/mol. The van der Waals surface area contributed by atoms with Gasteiger partial charge in [0, 0.05) is 24.8 Å². The molecule has 0 radical (unpaired) electrons. The maximum atomic E-state index is 12.4. The fourth-order valence-corrected chi connectivity index (χ4v) is 2.65. The van der Waals surface area contributed by atoms with Gasteiger partial charge in [-0.05, 0) is 49.9 Å². The largest absolute Gasteiger partial charge is 0.396 e. The number of carbonyl (C=O) groups is 2. The normalized spacial score (nSPS) is 13.4. The molecule has 2 amide bonds. The highest BCUT2D eigenvalue weighted by molar-refractivity contribution is 5.94. The van der Waals surface area contributed by atoms with Gasteiger partial charge in [0.25, 0.3) is 11.8 Å². The average Bonchev–Trinajstić information content (AvgIpc) is 3.40. The molecule has 1 heterocycles. The van der Waals surface area contributed by atoms with Crippen molar-refractivity contribution in [2.45, 2.75) is 31.7 Å². The number of aliphatic hydroxyl groups is 1. The number of carbonyl (C=O) groups excluding carboxylic acids is 2. The molecule has 3 rings (SSSR count). The van der Waals surface area contributed by atoms with Crippen molar-refractivity contribution in [2.24, 2.45) is 0 Å². The van der Waals surface area contributed by atoms with Gasteiger partial charge in [0.2, 0.25) is 0 Å². The molecule has 0 bridgehead atoms. The lowest BCUT2D eigenvalue weighted by atomic mass is 10.1. The second-order valence-corrected chi connectivity index (χ2v) is 6.36. The van der Waals surface area contributed by atoms with Gasteiger partial charge in [-0.2, -0.15) is 0 Å². The minimum atomic E-state index is -0.622. The van der Waals surface area contributed by atoms with Gasteiger partial charge in [0.15, 0.2) is 5.69 Å². The van der Waals surface area contributed by atoms with Gasteiger partial charge in [-0.25, -0.2) is 9.07 Å². The van der Waals surface area contributed by atoms with E-state index in [0.29, 0.717) is 29.8 Å². The van der Waals surface area contributed by atoms with Gasteiger partial charge in [0.1, 0.15) is 6.67 Å². The molecule has 1 saturated carbocycles. The minimum Gasteiger partial charge on any atom is -0.396 e. The first-order valence-corrected chi connectivity index (χ1v) is 8.95. The molecule has 27 heavy (non-hydrogen) atoms. The molecule has 1 aromatic carbocycles. The smallest absolute Gasteiger partial charge is 0.273 e. The van der Waals surface area contributed by atoms with Crippen LogP contribution in [0.5, 0.6) is 0 Å². The molecule has 1 aliphatic carbocycles. The van der Waals surface area contributed by atoms with Crippen molar-refractivity contribution in [3.63, 3.8) is 0 Å². The Labute approximate surface area is 155 Å². The van der Waals surface area contributed by atoms with Crippen molar-refractivity contribution in [3.8, 4) is 5.69 Å². The molecule has 0 unspecified atom stereocenters. The Bertz CT molecular complexity index is 802. The minimum absolute atomic E-state index is 0.0114. The molecule has 0 spiro atoms. The summed E-state index contributed by atoms with van der Waals surface area (Å²) in [4.78, 5) is 24.3. The van der Waals surface area contributed by atoms with Crippen LogP contribution in [-0.4, -0.2) is 57.8 Å². The Hall–Kier alpha value is -2.81. The first-order valence-electron chi connectivity index (χ1n) is 8.95. The van der Waals surface area contributed by atoms with Gasteiger partial charge in [0.05, 0.1) is 11.4 Å². The van der Waals surface area contributed by atoms with E-state index in [2.05, 4.69) is 20.9 Å². The van der Waals surface area contributed by atoms with Crippen LogP contribution in [0.3, 0.4) is 0 Å². The summed E-state index contributed by atoms with van der Waals surface area (Å²) >= 11 is 0. The Morgan fingerprint density at radius 2 is 1.96 bits per heavy atom. The third-order valence-corrected chi connectivity index (χ3v) is 4.22. The molecule has 3 N–H and O–H groups in total. The number of nitrogens with one attached hydrogen (secondary N) is 2. The lowest BCUT2D eigenvalue weighted by Crippen LogP contribution is -2.27. The fraction of sp³-hybridized carbons (Fsp3) is 0.444. The third kappa shape index (κ3) is 4.68. The number of amides is 2. The Balaban J connectivity index is 1.83. The monoisotopic (exact) mass is 375 g/mol. The molecule has 144 valence electrons. The summed E-state index contributed by atoms with van der Waals surface area (Å²) in [5.74, 6) is -0.623. The molecule has 8 nitrogen and oxygen atoms in total. The van der Waals surface area contributed by atoms with E-state index in [1.54, 1.807) is 28.9 Å². The van der Waals surface area contributed by atoms with E-state index in [1.165, 1.54) is 0 Å². The van der Waals surface area contributed by atoms with E-state index in [4.69, 9.17) is 5.11 Å². The van der Waals surface area contributed by atoms with Crippen LogP contribution in [0, 0.1) is 0 Å². The first-order chi connectivity index (χ1) is 13.1. The van der Waals surface area contributed by atoms with Gasteiger partial charge in [-0.3, -0.25) is 9.59 Å². The second kappa shape index (κ2) is 8.72. The van der Waals surface area contributed by atoms with E-state index in [-0.39, 0.29) is 36.7 Å². The van der Waals surface area contributed by atoms with Gasteiger partial charge < -0.3 is 15.7 Å². The molecule has 0 saturated heterocycles. The van der Waals surface area contributed by atoms with Crippen LogP contribution < -0.4 is 10.6 Å². The van der Waals surface area contributed by atoms with E-state index in [9.17, 15) is 14.0 Å². The van der Waals surface area contributed by atoms with Crippen LogP contribution in [0.25, 0.3) is 5.69 Å². The van der Waals surface area contributed by atoms with Crippen molar-refractivity contribution in [3.05, 3.63) is 41.2 Å². The zero-order chi connectivity index (χ0) is 19.2. The van der Waals surface area contributed by atoms with Gasteiger partial charge in [-0.15, -0.1) is 5.10 Å². The highest BCUT2D eigenvalue weighted by Gasteiger charge is 2.27. The summed E-state index contributed by atoms with van der Waals surface area (Å²) in [6.07, 6.45) is 2.85. The van der Waals surface area contributed by atoms with Crippen LogP contribution in [0.4, 0.5) is 4.39 Å². The van der Waals surface area contributed by atoms with E-state index >= 15 is 0 Å². The van der Waals surface area contributed by atoms with Crippen molar-refractivity contribution < 1.29 is 19.1 Å². The van der Waals surface area contributed by atoms with Crippen molar-refractivity contribution in [1.29, 1.82) is 0 Å². The number of halogens is 1. The number of benzene rings is 1. The van der Waals surface area contributed by atoms with E-state index < -0.39 is 6.67 Å². The van der Waals surface area contributed by atoms with E-state index in [0.717, 1.165) is 12.8 Å². The Kier molecular flexibility index (Phi) is 6.12. The number of rotatable bonds is 9. The van der Waals surface area contributed by atoms with Crippen LogP contribution in [0.15, 0.2) is 24.3 Å². The molecular formula is C18H22FN5O3. The standard InChI is InChI=1S/C18H22FN5O3/c19-9-10-20-17(26)12-3-7-14(8-4-12)24-15(2-1-11-25)16(22-23-24)18(27)21-13-5-6-13/h3-4,7-8,13,25H,1-2,5-6,9-11H2,(H,20,26)(H,21,27). The molecular weight excluding hydrogens is 353 g/mol. The molecule has 1 fully saturated rings. The topological polar surface area (TPSA) is 109 Å². The Morgan fingerprint density at radius 1 is 1.22 bits per heavy atom. The van der Waals surface area contributed by atoms with Crippen LogP contribution in [0.2, 0.25) is 0 Å². The number of aromatic nitrogens is 3. The number of hydrogen-bond acceptors (Lipinski definition) is 5. The van der Waals surface area contributed by atoms with Crippen molar-refractivity contribution >= 4 is 11.8 Å². The maximum absolute atomic E-state index is 12.4. The van der Waals surface area contributed by atoms with Crippen molar-refractivity contribution in [1.82, 2.24) is 25.6 Å². The molecule has 0 aliphatic heterocycles. The lowest BCUT2D eigenvalue weighted by Gasteiger charge is -2.09. The second-order valence-electron chi connectivity index (χ2n) is 6.36. The summed E-state index contributed by atoms with van der Waals surface area (Å²) in [6, 6.07) is 6.78. The predicted molar refractivity (Wildman–Crippen MR) is 95.6 cm³/mol. The lowest BCUT2D eigenvalue weighted by molar-refractivity contribution is 0.0939. The molecule has 9 heteroatoms. The highest BCUT2D eigenvalue weighted by atomic mass is 19.1. The van der Waals surface area contributed by atoms with E-state index in [1.807, 2.05) is 0 Å². The SMILES string of the molecule is O=C(NCCF)c1ccc(-n2nnc(C(=O)NC3CC3)c2CCCO)cc1. The number of alkyl halides is 1. The quantitative estimate of drug-likeness (QED) is 0.600. The summed E-state index contributed by atoms with van der Waals surface area (Å²) in [5, 5.41) is 22.6. The number of aliphatic hydroxyl groups excluding tert-OH is 1. The molecule has 1 aromatic heterocycles. The van der Waals surface area contributed by atoms with Crippen molar-refractivity contribution in [2.75, 3.05) is 19.8 Å². The molecule has 2 aromatic rings. The third-order valence-electron chi connectivity index (χ3n) is 4.22. The first kappa shape index (κ1) is 19.0. The van der Waals surface area contributed by atoms with Crippen LogP contribution in [0.1, 0.15) is 45.8 Å². The maximum Gasteiger partial charge on any atom is 0.273 e. The highest BCUT2D eigenvalue weighted by Crippen LogP contribution is 2.21. The molecule has 1 aliphatic rings. The zero-order valence-corrected chi connectivity index (χ0v) is 14.8. The Morgan fingerprint density at radius 3 is 2.59 bits per heavy atom. The summed E-state index contributed by atoms with van der Waals surface area (Å²) in [5.41, 5.74) is 1.90. The van der Waals surface area contributed by atoms with Crippen LogP contribution in [-0.2, 0) is 6.42 Å². The summed E-state index contributed by atoms with van der Waals surface area (Å²) in [7, 11) is 0. The fourth-order valence-electron chi connectivity index (χ4n) is 2.65. The van der Waals surface area contributed by atoms with Gasteiger partial charge >= 0.3 is 0 Å². The summed E-state index contributed by atoms with van der Waals surface area (Å²) in [6.45, 7) is -0.667. The van der Waals surface area contributed by atoms with Crippen LogP contribution >= 0.6 is 0 Å².